The Balaban J connectivity index is 1.97. The van der Waals surface area contributed by atoms with Gasteiger partial charge in [-0.2, -0.15) is 0 Å². The Bertz CT molecular complexity index is 523. The van der Waals surface area contributed by atoms with E-state index >= 15 is 0 Å². The molecule has 0 unspecified atom stereocenters. The van der Waals surface area contributed by atoms with E-state index in [2.05, 4.69) is 24.4 Å². The lowest BCUT2D eigenvalue weighted by atomic mass is 10.1. The van der Waals surface area contributed by atoms with Crippen molar-refractivity contribution < 1.29 is 4.74 Å². The van der Waals surface area contributed by atoms with E-state index in [0.29, 0.717) is 0 Å². The molecule has 3 N–H and O–H groups in total. The summed E-state index contributed by atoms with van der Waals surface area (Å²) < 4.78 is 5.16. The highest BCUT2D eigenvalue weighted by atomic mass is 16.5. The number of nitrogens with one attached hydrogen (secondary N) is 1. The number of methoxy groups -OCH3 is 1. The van der Waals surface area contributed by atoms with Crippen LogP contribution in [-0.4, -0.2) is 7.11 Å². The Hall–Kier alpha value is -2.00. The highest BCUT2D eigenvalue weighted by molar-refractivity contribution is 5.46. The van der Waals surface area contributed by atoms with E-state index in [-0.39, 0.29) is 6.04 Å². The van der Waals surface area contributed by atoms with Crippen LogP contribution < -0.4 is 15.8 Å². The monoisotopic (exact) mass is 256 g/mol. The summed E-state index contributed by atoms with van der Waals surface area (Å²) in [6.45, 7) is 2.90. The molecule has 2 aromatic carbocycles. The maximum Gasteiger partial charge on any atom is 0.118 e. The molecule has 0 fully saturated rings. The van der Waals surface area contributed by atoms with Crippen molar-refractivity contribution in [3.63, 3.8) is 0 Å². The van der Waals surface area contributed by atoms with E-state index in [1.165, 1.54) is 5.56 Å². The maximum absolute atomic E-state index is 5.93. The first-order valence-electron chi connectivity index (χ1n) is 6.41. The van der Waals surface area contributed by atoms with Crippen molar-refractivity contribution in [3.05, 3.63) is 59.7 Å². The average Bonchev–Trinajstić information content (AvgIpc) is 2.46. The Morgan fingerprint density at radius 2 is 1.79 bits per heavy atom. The van der Waals surface area contributed by atoms with Gasteiger partial charge >= 0.3 is 0 Å². The van der Waals surface area contributed by atoms with E-state index in [1.807, 2.05) is 36.4 Å². The number of anilines is 1. The van der Waals surface area contributed by atoms with Crippen LogP contribution in [0.3, 0.4) is 0 Å². The molecule has 1 atom stereocenters. The summed E-state index contributed by atoms with van der Waals surface area (Å²) in [5.74, 6) is 0.878. The first kappa shape index (κ1) is 13.4. The van der Waals surface area contributed by atoms with Crippen molar-refractivity contribution in [3.8, 4) is 5.75 Å². The maximum atomic E-state index is 5.93. The number of hydrogen-bond acceptors (Lipinski definition) is 3. The summed E-state index contributed by atoms with van der Waals surface area (Å²) >= 11 is 0. The fourth-order valence-electron chi connectivity index (χ4n) is 1.97. The molecule has 3 heteroatoms. The van der Waals surface area contributed by atoms with Crippen LogP contribution >= 0.6 is 0 Å². The molecule has 2 aromatic rings. The van der Waals surface area contributed by atoms with Crippen molar-refractivity contribution in [1.29, 1.82) is 0 Å². The molecule has 0 aliphatic heterocycles. The lowest BCUT2D eigenvalue weighted by Gasteiger charge is -2.15. The molecule has 19 heavy (non-hydrogen) atoms. The third-order valence-corrected chi connectivity index (χ3v) is 3.27. The highest BCUT2D eigenvalue weighted by Crippen LogP contribution is 2.18. The van der Waals surface area contributed by atoms with Crippen LogP contribution in [0.2, 0.25) is 0 Å². The van der Waals surface area contributed by atoms with Crippen molar-refractivity contribution in [1.82, 2.24) is 5.32 Å². The largest absolute Gasteiger partial charge is 0.497 e. The van der Waals surface area contributed by atoms with Crippen LogP contribution in [0.1, 0.15) is 24.1 Å². The molecule has 3 nitrogen and oxygen atoms in total. The van der Waals surface area contributed by atoms with Gasteiger partial charge in [0, 0.05) is 18.3 Å². The molecule has 0 saturated heterocycles. The van der Waals surface area contributed by atoms with Gasteiger partial charge in [0.05, 0.1) is 7.11 Å². The zero-order chi connectivity index (χ0) is 13.7. The smallest absolute Gasteiger partial charge is 0.118 e. The van der Waals surface area contributed by atoms with Gasteiger partial charge in [0.1, 0.15) is 5.75 Å². The van der Waals surface area contributed by atoms with E-state index < -0.39 is 0 Å². The summed E-state index contributed by atoms with van der Waals surface area (Å²) in [6.07, 6.45) is 0. The second kappa shape index (κ2) is 6.25. The lowest BCUT2D eigenvalue weighted by Crippen LogP contribution is -2.18. The van der Waals surface area contributed by atoms with Crippen LogP contribution in [0.15, 0.2) is 48.5 Å². The number of nitrogens with two attached hydrogens (primary N) is 1. The second-order valence-corrected chi connectivity index (χ2v) is 4.57. The second-order valence-electron chi connectivity index (χ2n) is 4.57. The van der Waals surface area contributed by atoms with Gasteiger partial charge in [0.2, 0.25) is 0 Å². The van der Waals surface area contributed by atoms with Crippen molar-refractivity contribution in [2.75, 3.05) is 12.8 Å². The van der Waals surface area contributed by atoms with E-state index in [4.69, 9.17) is 10.5 Å². The zero-order valence-corrected chi connectivity index (χ0v) is 11.4. The van der Waals surface area contributed by atoms with Gasteiger partial charge in [-0.15, -0.1) is 0 Å². The predicted molar refractivity (Wildman–Crippen MR) is 79.1 cm³/mol. The van der Waals surface area contributed by atoms with Crippen molar-refractivity contribution >= 4 is 5.69 Å². The fraction of sp³-hybridized carbons (Fsp3) is 0.250. The summed E-state index contributed by atoms with van der Waals surface area (Å²) in [4.78, 5) is 0. The molecule has 0 amide bonds. The van der Waals surface area contributed by atoms with Gasteiger partial charge in [-0.05, 0) is 36.2 Å². The van der Waals surface area contributed by atoms with Gasteiger partial charge in [-0.3, -0.25) is 0 Å². The summed E-state index contributed by atoms with van der Waals surface area (Å²) in [5.41, 5.74) is 9.12. The zero-order valence-electron chi connectivity index (χ0n) is 11.4. The SMILES string of the molecule is COc1ccc([C@@H](C)NCc2ccccc2N)cc1. The number of para-hydroxylation sites is 1. The van der Waals surface area contributed by atoms with Crippen LogP contribution in [-0.2, 0) is 6.54 Å². The van der Waals surface area contributed by atoms with Gasteiger partial charge < -0.3 is 15.8 Å². The highest BCUT2D eigenvalue weighted by Gasteiger charge is 2.06. The normalized spacial score (nSPS) is 12.1. The molecule has 0 saturated carbocycles. The minimum atomic E-state index is 0.269. The van der Waals surface area contributed by atoms with E-state index in [1.54, 1.807) is 7.11 Å². The lowest BCUT2D eigenvalue weighted by molar-refractivity contribution is 0.414. The molecular formula is C16H20N2O. The summed E-state index contributed by atoms with van der Waals surface area (Å²) in [5, 5.41) is 3.47. The Morgan fingerprint density at radius 1 is 1.11 bits per heavy atom. The topological polar surface area (TPSA) is 47.3 Å². The number of rotatable bonds is 5. The average molecular weight is 256 g/mol. The molecule has 0 aliphatic rings. The fourth-order valence-corrected chi connectivity index (χ4v) is 1.97. The minimum Gasteiger partial charge on any atom is -0.497 e. The molecule has 0 aromatic heterocycles. The first-order chi connectivity index (χ1) is 9.20. The Kier molecular flexibility index (Phi) is 4.42. The number of nitrogen functional groups attached to an aromatic ring is 1. The molecule has 0 bridgehead atoms. The number of hydrogen-bond donors (Lipinski definition) is 2. The molecule has 0 radical (unpaired) electrons. The Morgan fingerprint density at radius 3 is 2.42 bits per heavy atom. The number of ether oxygens (including phenoxy) is 1. The minimum absolute atomic E-state index is 0.269. The van der Waals surface area contributed by atoms with Crippen molar-refractivity contribution in [2.45, 2.75) is 19.5 Å². The summed E-state index contributed by atoms with van der Waals surface area (Å²) in [7, 11) is 1.68. The van der Waals surface area contributed by atoms with Gasteiger partial charge in [0.15, 0.2) is 0 Å². The molecule has 0 heterocycles. The molecular weight excluding hydrogens is 236 g/mol. The Labute approximate surface area is 114 Å². The summed E-state index contributed by atoms with van der Waals surface area (Å²) in [6, 6.07) is 16.3. The van der Waals surface area contributed by atoms with E-state index in [0.717, 1.165) is 23.5 Å². The van der Waals surface area contributed by atoms with E-state index in [9.17, 15) is 0 Å². The van der Waals surface area contributed by atoms with Crippen LogP contribution in [0.4, 0.5) is 5.69 Å². The predicted octanol–water partition coefficient (Wildman–Crippen LogP) is 3.13. The van der Waals surface area contributed by atoms with Crippen LogP contribution in [0.25, 0.3) is 0 Å². The van der Waals surface area contributed by atoms with Crippen LogP contribution in [0, 0.1) is 0 Å². The van der Waals surface area contributed by atoms with Gasteiger partial charge in [-0.1, -0.05) is 30.3 Å². The van der Waals surface area contributed by atoms with Crippen LogP contribution in [0.5, 0.6) is 5.75 Å². The van der Waals surface area contributed by atoms with Gasteiger partial charge in [0.25, 0.3) is 0 Å². The van der Waals surface area contributed by atoms with Crippen molar-refractivity contribution in [2.24, 2.45) is 0 Å². The quantitative estimate of drug-likeness (QED) is 0.808. The van der Waals surface area contributed by atoms with Gasteiger partial charge in [-0.25, -0.2) is 0 Å². The third kappa shape index (κ3) is 3.48. The standard InChI is InChI=1S/C16H20N2O/c1-12(13-7-9-15(19-2)10-8-13)18-11-14-5-3-4-6-16(14)17/h3-10,12,18H,11,17H2,1-2H3/t12-/m1/s1. The molecule has 0 aliphatic carbocycles. The first-order valence-corrected chi connectivity index (χ1v) is 6.41. The molecule has 0 spiro atoms. The number of benzene rings is 2. The third-order valence-electron chi connectivity index (χ3n) is 3.27. The molecule has 100 valence electrons. The molecule has 2 rings (SSSR count).